The lowest BCUT2D eigenvalue weighted by atomic mass is 10.4. The minimum atomic E-state index is -3.64. The average molecular weight is 279 g/mol. The van der Waals surface area contributed by atoms with Gasteiger partial charge >= 0.3 is 7.60 Å². The van der Waals surface area contributed by atoms with E-state index in [1.807, 2.05) is 13.1 Å². The molecule has 1 atom stereocenters. The van der Waals surface area contributed by atoms with E-state index >= 15 is 0 Å². The van der Waals surface area contributed by atoms with Crippen molar-refractivity contribution in [3.63, 3.8) is 0 Å². The van der Waals surface area contributed by atoms with Crippen LogP contribution in [0.3, 0.4) is 0 Å². The van der Waals surface area contributed by atoms with Crippen LogP contribution in [0.25, 0.3) is 0 Å². The summed E-state index contributed by atoms with van der Waals surface area (Å²) >= 11 is 6.26. The molecule has 0 aliphatic heterocycles. The fraction of sp³-hybridized carbons (Fsp3) is 0.400. The topological polar surface area (TPSA) is 46.5 Å². The summed E-state index contributed by atoms with van der Waals surface area (Å²) in [7, 11) is -5.52. The van der Waals surface area contributed by atoms with Gasteiger partial charge in [0.25, 0.3) is 0 Å². The highest BCUT2D eigenvalue weighted by molar-refractivity contribution is 7.61. The molecule has 1 rings (SSSR count). The van der Waals surface area contributed by atoms with Crippen LogP contribution in [0.4, 0.5) is 0 Å². The standard InChI is InChI=1S/C10H16ClO3PSi/c1-4-14-15(12,13)9-5-7-10(8-6-9)16(2,3)11/h5-8H,4H2,1-3H3,(H,12,13). The third kappa shape index (κ3) is 3.44. The Balaban J connectivity index is 3.00. The molecule has 0 radical (unpaired) electrons. The molecule has 1 unspecified atom stereocenters. The van der Waals surface area contributed by atoms with Crippen molar-refractivity contribution in [1.82, 2.24) is 0 Å². The van der Waals surface area contributed by atoms with Crippen LogP contribution < -0.4 is 10.5 Å². The molecule has 90 valence electrons. The molecular weight excluding hydrogens is 263 g/mol. The Labute approximate surface area is 102 Å². The predicted octanol–water partition coefficient (Wildman–Crippen LogP) is 2.18. The van der Waals surface area contributed by atoms with Crippen molar-refractivity contribution in [2.45, 2.75) is 20.0 Å². The molecule has 3 nitrogen and oxygen atoms in total. The third-order valence-corrected chi connectivity index (χ3v) is 6.10. The molecule has 1 N–H and O–H groups in total. The minimum absolute atomic E-state index is 0.214. The first-order chi connectivity index (χ1) is 7.27. The van der Waals surface area contributed by atoms with Gasteiger partial charge in [0, 0.05) is 0 Å². The van der Waals surface area contributed by atoms with E-state index in [0.717, 1.165) is 5.19 Å². The second kappa shape index (κ2) is 5.03. The maximum absolute atomic E-state index is 11.7. The van der Waals surface area contributed by atoms with E-state index in [4.69, 9.17) is 15.6 Å². The fourth-order valence-corrected chi connectivity index (χ4v) is 3.66. The normalized spacial score (nSPS) is 15.8. The molecule has 0 amide bonds. The Hall–Kier alpha value is -0.123. The molecule has 0 aliphatic carbocycles. The van der Waals surface area contributed by atoms with Gasteiger partial charge in [0.15, 0.2) is 7.38 Å². The van der Waals surface area contributed by atoms with E-state index < -0.39 is 15.0 Å². The van der Waals surface area contributed by atoms with Crippen LogP contribution in [-0.4, -0.2) is 18.9 Å². The van der Waals surface area contributed by atoms with E-state index in [9.17, 15) is 9.46 Å². The highest BCUT2D eigenvalue weighted by Gasteiger charge is 2.24. The summed E-state index contributed by atoms with van der Waals surface area (Å²) in [6, 6.07) is 6.83. The fourth-order valence-electron chi connectivity index (χ4n) is 1.30. The summed E-state index contributed by atoms with van der Waals surface area (Å²) in [5.41, 5.74) is 0. The Morgan fingerprint density at radius 1 is 1.38 bits per heavy atom. The van der Waals surface area contributed by atoms with Crippen LogP contribution >= 0.6 is 18.7 Å². The lowest BCUT2D eigenvalue weighted by Gasteiger charge is -2.15. The van der Waals surface area contributed by atoms with Crippen molar-refractivity contribution in [3.8, 4) is 0 Å². The number of benzene rings is 1. The van der Waals surface area contributed by atoms with Crippen molar-refractivity contribution in [2.24, 2.45) is 0 Å². The summed E-state index contributed by atoms with van der Waals surface area (Å²) in [5.74, 6) is 0. The minimum Gasteiger partial charge on any atom is -0.321 e. The summed E-state index contributed by atoms with van der Waals surface area (Å²) in [6.45, 7) is 5.91. The second-order valence-corrected chi connectivity index (χ2v) is 12.1. The van der Waals surface area contributed by atoms with Crippen molar-refractivity contribution in [2.75, 3.05) is 6.61 Å². The highest BCUT2D eigenvalue weighted by atomic mass is 35.6. The largest absolute Gasteiger partial charge is 0.358 e. The Kier molecular flexibility index (Phi) is 4.38. The maximum Gasteiger partial charge on any atom is 0.358 e. The Morgan fingerprint density at radius 2 is 1.88 bits per heavy atom. The van der Waals surface area contributed by atoms with E-state index in [1.54, 1.807) is 31.2 Å². The van der Waals surface area contributed by atoms with Gasteiger partial charge in [-0.15, -0.1) is 0 Å². The molecule has 0 saturated carbocycles. The van der Waals surface area contributed by atoms with E-state index in [2.05, 4.69) is 0 Å². The summed E-state index contributed by atoms with van der Waals surface area (Å²) < 4.78 is 16.5. The van der Waals surface area contributed by atoms with Crippen molar-refractivity contribution >= 4 is 36.5 Å². The smallest absolute Gasteiger partial charge is 0.321 e. The molecule has 0 heterocycles. The zero-order valence-corrected chi connectivity index (χ0v) is 12.3. The summed E-state index contributed by atoms with van der Waals surface area (Å²) in [5, 5.41) is 1.35. The first kappa shape index (κ1) is 13.9. The molecule has 1 aromatic rings. The van der Waals surface area contributed by atoms with Gasteiger partial charge in [0.05, 0.1) is 11.9 Å². The molecule has 0 spiro atoms. The molecule has 0 fully saturated rings. The zero-order valence-electron chi connectivity index (χ0n) is 9.61. The average Bonchev–Trinajstić information content (AvgIpc) is 2.16. The Bertz CT molecular complexity index is 400. The lowest BCUT2D eigenvalue weighted by Crippen LogP contribution is -2.35. The number of hydrogen-bond donors (Lipinski definition) is 1. The van der Waals surface area contributed by atoms with Gasteiger partial charge < -0.3 is 9.42 Å². The molecule has 0 aliphatic rings. The summed E-state index contributed by atoms with van der Waals surface area (Å²) in [4.78, 5) is 9.59. The van der Waals surface area contributed by atoms with Gasteiger partial charge in [-0.3, -0.25) is 4.57 Å². The molecule has 1 aromatic carbocycles. The van der Waals surface area contributed by atoms with E-state index in [-0.39, 0.29) is 6.61 Å². The molecule has 0 bridgehead atoms. The quantitative estimate of drug-likeness (QED) is 0.522. The predicted molar refractivity (Wildman–Crippen MR) is 70.5 cm³/mol. The van der Waals surface area contributed by atoms with Gasteiger partial charge in [-0.1, -0.05) is 25.2 Å². The SMILES string of the molecule is CCOP(=O)(O)c1ccc([Si](C)(C)Cl)cc1. The highest BCUT2D eigenvalue weighted by Crippen LogP contribution is 2.39. The molecular formula is C10H16ClO3PSi. The van der Waals surface area contributed by atoms with Crippen LogP contribution in [-0.2, 0) is 9.09 Å². The van der Waals surface area contributed by atoms with Gasteiger partial charge in [0.2, 0.25) is 0 Å². The molecule has 0 aromatic heterocycles. The Morgan fingerprint density at radius 3 is 2.25 bits per heavy atom. The van der Waals surface area contributed by atoms with Gasteiger partial charge in [0.1, 0.15) is 0 Å². The van der Waals surface area contributed by atoms with Crippen LogP contribution in [0, 0.1) is 0 Å². The lowest BCUT2D eigenvalue weighted by molar-refractivity contribution is 0.284. The second-order valence-electron chi connectivity index (χ2n) is 3.96. The monoisotopic (exact) mass is 278 g/mol. The third-order valence-electron chi connectivity index (χ3n) is 2.18. The van der Waals surface area contributed by atoms with E-state index in [0.29, 0.717) is 5.30 Å². The van der Waals surface area contributed by atoms with Gasteiger partial charge in [-0.2, -0.15) is 11.1 Å². The first-order valence-corrected chi connectivity index (χ1v) is 10.6. The zero-order chi connectivity index (χ0) is 12.4. The summed E-state index contributed by atoms with van der Waals surface area (Å²) in [6.07, 6.45) is 0. The first-order valence-electron chi connectivity index (χ1n) is 5.04. The van der Waals surface area contributed by atoms with Gasteiger partial charge in [-0.05, 0) is 24.2 Å². The number of halogens is 1. The molecule has 6 heteroatoms. The van der Waals surface area contributed by atoms with Crippen LogP contribution in [0.1, 0.15) is 6.92 Å². The number of rotatable bonds is 4. The van der Waals surface area contributed by atoms with Crippen molar-refractivity contribution < 1.29 is 14.0 Å². The molecule has 0 saturated heterocycles. The van der Waals surface area contributed by atoms with Gasteiger partial charge in [-0.25, -0.2) is 0 Å². The maximum atomic E-state index is 11.7. The van der Waals surface area contributed by atoms with Crippen LogP contribution in [0.2, 0.25) is 13.1 Å². The van der Waals surface area contributed by atoms with E-state index in [1.165, 1.54) is 0 Å². The van der Waals surface area contributed by atoms with Crippen molar-refractivity contribution in [1.29, 1.82) is 0 Å². The number of hydrogen-bond acceptors (Lipinski definition) is 2. The van der Waals surface area contributed by atoms with Crippen molar-refractivity contribution in [3.05, 3.63) is 24.3 Å². The van der Waals surface area contributed by atoms with Crippen LogP contribution in [0.5, 0.6) is 0 Å². The molecule has 16 heavy (non-hydrogen) atoms. The van der Waals surface area contributed by atoms with Crippen LogP contribution in [0.15, 0.2) is 24.3 Å².